The quantitative estimate of drug-likeness (QED) is 0.512. The molecule has 0 aliphatic carbocycles. The van der Waals surface area contributed by atoms with Crippen molar-refractivity contribution < 1.29 is 0 Å². The molecule has 0 radical (unpaired) electrons. The van der Waals surface area contributed by atoms with Crippen molar-refractivity contribution in [3.05, 3.63) is 12.3 Å². The zero-order valence-corrected chi connectivity index (χ0v) is 4.93. The van der Waals surface area contributed by atoms with Gasteiger partial charge in [0, 0.05) is 5.70 Å². The average molecular weight is 103 g/mol. The molecule has 6 heavy (non-hydrogen) atoms. The van der Waals surface area contributed by atoms with Gasteiger partial charge in [-0.05, 0) is 12.6 Å². The van der Waals surface area contributed by atoms with Gasteiger partial charge < -0.3 is 5.73 Å². The Labute approximate surface area is 40.8 Å². The van der Waals surface area contributed by atoms with Gasteiger partial charge in [-0.2, -0.15) is 0 Å². The molecule has 0 heterocycles. The van der Waals surface area contributed by atoms with E-state index in [9.17, 15) is 0 Å². The van der Waals surface area contributed by atoms with E-state index in [-0.39, 0.29) is 0 Å². The van der Waals surface area contributed by atoms with E-state index >= 15 is 0 Å². The molecule has 1 unspecified atom stereocenters. The lowest BCUT2D eigenvalue weighted by Crippen LogP contribution is -1.93. The number of hydrogen-bond acceptors (Lipinski definition) is 1. The molecule has 0 amide bonds. The van der Waals surface area contributed by atoms with Crippen LogP contribution in [0.3, 0.4) is 0 Å². The molecule has 0 bridgehead atoms. The number of rotatable bonds is 2. The Bertz CT molecular complexity index is 51.5. The first-order valence-electron chi connectivity index (χ1n) is 1.90. The molecule has 0 rings (SSSR count). The average Bonchev–Trinajstić information content (AvgIpc) is 1.35. The fraction of sp³-hybridized carbons (Fsp3) is 0.500. The molecular formula is C4H10NP. The van der Waals surface area contributed by atoms with Crippen LogP contribution in [0.1, 0.15) is 6.42 Å². The van der Waals surface area contributed by atoms with Gasteiger partial charge in [-0.3, -0.25) is 0 Å². The van der Waals surface area contributed by atoms with Crippen molar-refractivity contribution >= 4 is 9.24 Å². The van der Waals surface area contributed by atoms with Gasteiger partial charge in [-0.1, -0.05) is 6.58 Å². The van der Waals surface area contributed by atoms with Crippen molar-refractivity contribution in [2.24, 2.45) is 5.73 Å². The summed E-state index contributed by atoms with van der Waals surface area (Å²) in [7, 11) is 2.58. The van der Waals surface area contributed by atoms with Gasteiger partial charge in [-0.25, -0.2) is 0 Å². The van der Waals surface area contributed by atoms with Crippen molar-refractivity contribution in [1.29, 1.82) is 0 Å². The second-order valence-electron chi connectivity index (χ2n) is 1.20. The Morgan fingerprint density at radius 2 is 2.33 bits per heavy atom. The summed E-state index contributed by atoms with van der Waals surface area (Å²) in [5.41, 5.74) is 5.96. The van der Waals surface area contributed by atoms with Gasteiger partial charge in [-0.15, -0.1) is 9.24 Å². The van der Waals surface area contributed by atoms with Crippen molar-refractivity contribution in [1.82, 2.24) is 0 Å². The third kappa shape index (κ3) is 3.97. The summed E-state index contributed by atoms with van der Waals surface area (Å²) in [5.74, 6) is 0. The Morgan fingerprint density at radius 1 is 1.83 bits per heavy atom. The number of allylic oxidation sites excluding steroid dienone is 1. The second kappa shape index (κ2) is 3.17. The Balaban J connectivity index is 2.83. The summed E-state index contributed by atoms with van der Waals surface area (Å²) in [6, 6.07) is 0. The third-order valence-corrected chi connectivity index (χ3v) is 0.754. The van der Waals surface area contributed by atoms with Gasteiger partial charge in [0.25, 0.3) is 0 Å². The molecule has 0 aliphatic heterocycles. The summed E-state index contributed by atoms with van der Waals surface area (Å²) in [4.78, 5) is 0. The highest BCUT2D eigenvalue weighted by Gasteiger charge is 1.76. The molecule has 1 atom stereocenters. The number of hydrogen-bond donors (Lipinski definition) is 1. The van der Waals surface area contributed by atoms with Gasteiger partial charge in [0.05, 0.1) is 0 Å². The topological polar surface area (TPSA) is 26.0 Å². The molecular weight excluding hydrogens is 93.0 g/mol. The minimum atomic E-state index is 0.769. The van der Waals surface area contributed by atoms with Crippen LogP contribution in [-0.4, -0.2) is 6.16 Å². The van der Waals surface area contributed by atoms with Crippen molar-refractivity contribution in [3.8, 4) is 0 Å². The molecule has 0 aliphatic rings. The fourth-order valence-corrected chi connectivity index (χ4v) is 0.556. The summed E-state index contributed by atoms with van der Waals surface area (Å²) < 4.78 is 0. The minimum absolute atomic E-state index is 0.769. The summed E-state index contributed by atoms with van der Waals surface area (Å²) >= 11 is 0. The fourth-order valence-electron chi connectivity index (χ4n) is 0.185. The second-order valence-corrected chi connectivity index (χ2v) is 1.77. The highest BCUT2D eigenvalue weighted by molar-refractivity contribution is 7.16. The zero-order chi connectivity index (χ0) is 4.99. The smallest absolute Gasteiger partial charge is 0.00108 e. The normalized spacial score (nSPS) is 8.17. The van der Waals surface area contributed by atoms with Crippen LogP contribution in [0, 0.1) is 0 Å². The minimum Gasteiger partial charge on any atom is -0.403 e. The van der Waals surface area contributed by atoms with E-state index in [1.165, 1.54) is 0 Å². The van der Waals surface area contributed by atoms with Crippen LogP contribution in [0.5, 0.6) is 0 Å². The molecule has 2 heteroatoms. The molecule has 0 spiro atoms. The van der Waals surface area contributed by atoms with Crippen LogP contribution < -0.4 is 5.73 Å². The molecule has 36 valence electrons. The van der Waals surface area contributed by atoms with E-state index < -0.39 is 0 Å². The maximum Gasteiger partial charge on any atom is 0.00108 e. The molecule has 0 saturated carbocycles. The van der Waals surface area contributed by atoms with Crippen LogP contribution >= 0.6 is 9.24 Å². The molecule has 2 N–H and O–H groups in total. The first-order chi connectivity index (χ1) is 2.77. The van der Waals surface area contributed by atoms with Crippen molar-refractivity contribution in [2.75, 3.05) is 6.16 Å². The molecule has 1 nitrogen and oxygen atoms in total. The number of nitrogens with two attached hydrogens (primary N) is 1. The van der Waals surface area contributed by atoms with Gasteiger partial charge in [0.1, 0.15) is 0 Å². The van der Waals surface area contributed by atoms with Crippen LogP contribution in [0.25, 0.3) is 0 Å². The molecule has 0 aromatic heterocycles. The van der Waals surface area contributed by atoms with E-state index in [2.05, 4.69) is 15.8 Å². The van der Waals surface area contributed by atoms with E-state index in [0.717, 1.165) is 18.3 Å². The Kier molecular flexibility index (Phi) is 3.16. The van der Waals surface area contributed by atoms with Crippen LogP contribution in [0.15, 0.2) is 12.3 Å². The largest absolute Gasteiger partial charge is 0.403 e. The highest BCUT2D eigenvalue weighted by atomic mass is 31.0. The standard InChI is InChI=1S/C4H10NP/c1-4(5)2-3-6/h1-3,5-6H2. The van der Waals surface area contributed by atoms with Gasteiger partial charge in [0.15, 0.2) is 0 Å². The summed E-state index contributed by atoms with van der Waals surface area (Å²) in [6.07, 6.45) is 1.94. The highest BCUT2D eigenvalue weighted by Crippen LogP contribution is 1.91. The van der Waals surface area contributed by atoms with E-state index in [1.807, 2.05) is 0 Å². The van der Waals surface area contributed by atoms with Gasteiger partial charge in [0.2, 0.25) is 0 Å². The first kappa shape index (κ1) is 5.97. The molecule has 0 aromatic carbocycles. The van der Waals surface area contributed by atoms with Crippen molar-refractivity contribution in [2.45, 2.75) is 6.42 Å². The lowest BCUT2D eigenvalue weighted by molar-refractivity contribution is 1.09. The summed E-state index contributed by atoms with van der Waals surface area (Å²) in [6.45, 7) is 3.51. The van der Waals surface area contributed by atoms with E-state index in [1.54, 1.807) is 0 Å². The van der Waals surface area contributed by atoms with Crippen LogP contribution in [0.4, 0.5) is 0 Å². The van der Waals surface area contributed by atoms with E-state index in [4.69, 9.17) is 5.73 Å². The first-order valence-corrected chi connectivity index (χ1v) is 2.72. The van der Waals surface area contributed by atoms with Crippen LogP contribution in [0.2, 0.25) is 0 Å². The third-order valence-electron chi connectivity index (χ3n) is 0.465. The molecule has 0 saturated heterocycles. The lowest BCUT2D eigenvalue weighted by atomic mass is 10.4. The Hall–Kier alpha value is -0.0300. The molecule has 0 fully saturated rings. The van der Waals surface area contributed by atoms with Crippen molar-refractivity contribution in [3.63, 3.8) is 0 Å². The predicted molar refractivity (Wildman–Crippen MR) is 32.5 cm³/mol. The SMILES string of the molecule is C=C(N)CCP. The Morgan fingerprint density at radius 3 is 2.33 bits per heavy atom. The van der Waals surface area contributed by atoms with Gasteiger partial charge >= 0.3 is 0 Å². The maximum atomic E-state index is 5.20. The molecule has 0 aromatic rings. The summed E-state index contributed by atoms with van der Waals surface area (Å²) in [5, 5.41) is 0. The van der Waals surface area contributed by atoms with E-state index in [0.29, 0.717) is 0 Å². The lowest BCUT2D eigenvalue weighted by Gasteiger charge is -1.88. The monoisotopic (exact) mass is 103 g/mol. The van der Waals surface area contributed by atoms with Crippen LogP contribution in [-0.2, 0) is 0 Å². The maximum absolute atomic E-state index is 5.20. The predicted octanol–water partition coefficient (Wildman–Crippen LogP) is 0.724. The zero-order valence-electron chi connectivity index (χ0n) is 3.78.